The van der Waals surface area contributed by atoms with Crippen LogP contribution in [0.25, 0.3) is 0 Å². The molecule has 1 rings (SSSR count). The molecule has 66 valence electrons. The van der Waals surface area contributed by atoms with Crippen molar-refractivity contribution in [1.29, 1.82) is 0 Å². The summed E-state index contributed by atoms with van der Waals surface area (Å²) in [5.41, 5.74) is 0.680. The third-order valence-electron chi connectivity index (χ3n) is 1.47. The Morgan fingerprint density at radius 1 is 1.58 bits per heavy atom. The molecular formula is C8H7BrClFO. The zero-order valence-electron chi connectivity index (χ0n) is 6.10. The first kappa shape index (κ1) is 9.96. The lowest BCUT2D eigenvalue weighted by molar-refractivity contribution is 0.298. The fraction of sp³-hybridized carbons (Fsp3) is 0.250. The van der Waals surface area contributed by atoms with E-state index in [-0.39, 0.29) is 16.5 Å². The summed E-state index contributed by atoms with van der Waals surface area (Å²) in [7, 11) is 0. The van der Waals surface area contributed by atoms with E-state index in [4.69, 9.17) is 16.7 Å². The summed E-state index contributed by atoms with van der Waals surface area (Å²) in [5.74, 6) is -0.466. The lowest BCUT2D eigenvalue weighted by atomic mass is 10.1. The second kappa shape index (κ2) is 4.21. The SMILES string of the molecule is OCC(Br)c1ccc(Cl)c(F)c1. The first-order valence-corrected chi connectivity index (χ1v) is 4.64. The predicted octanol–water partition coefficient (Wildman–Crippen LogP) is 2.91. The van der Waals surface area contributed by atoms with Crippen molar-refractivity contribution in [3.63, 3.8) is 0 Å². The topological polar surface area (TPSA) is 20.2 Å². The molecule has 0 radical (unpaired) electrons. The van der Waals surface area contributed by atoms with Gasteiger partial charge in [0.2, 0.25) is 0 Å². The van der Waals surface area contributed by atoms with E-state index in [0.29, 0.717) is 5.56 Å². The Morgan fingerprint density at radius 3 is 2.75 bits per heavy atom. The Hall–Kier alpha value is -0.120. The fourth-order valence-electron chi connectivity index (χ4n) is 0.813. The third kappa shape index (κ3) is 2.19. The molecule has 0 spiro atoms. The van der Waals surface area contributed by atoms with Crippen molar-refractivity contribution >= 4 is 27.5 Å². The molecule has 1 nitrogen and oxygen atoms in total. The highest BCUT2D eigenvalue weighted by atomic mass is 79.9. The van der Waals surface area contributed by atoms with Crippen LogP contribution >= 0.6 is 27.5 Å². The van der Waals surface area contributed by atoms with Gasteiger partial charge in [-0.1, -0.05) is 33.6 Å². The molecule has 0 fully saturated rings. The molecule has 0 aliphatic rings. The highest BCUT2D eigenvalue weighted by Crippen LogP contribution is 2.25. The van der Waals surface area contributed by atoms with Crippen LogP contribution < -0.4 is 0 Å². The van der Waals surface area contributed by atoms with Gasteiger partial charge in [0.05, 0.1) is 16.5 Å². The van der Waals surface area contributed by atoms with Crippen LogP contribution in [0.2, 0.25) is 5.02 Å². The van der Waals surface area contributed by atoms with Crippen molar-refractivity contribution < 1.29 is 9.50 Å². The molecule has 0 heterocycles. The minimum absolute atomic E-state index is 0.0684. The molecule has 0 amide bonds. The van der Waals surface area contributed by atoms with Crippen LogP contribution in [0.4, 0.5) is 4.39 Å². The molecule has 1 atom stereocenters. The Labute approximate surface area is 83.3 Å². The molecule has 12 heavy (non-hydrogen) atoms. The summed E-state index contributed by atoms with van der Waals surface area (Å²) in [6.07, 6.45) is 0. The number of hydrogen-bond donors (Lipinski definition) is 1. The molecule has 1 unspecified atom stereocenters. The molecule has 1 N–H and O–H groups in total. The first-order chi connectivity index (χ1) is 5.65. The van der Waals surface area contributed by atoms with Gasteiger partial charge in [-0.3, -0.25) is 0 Å². The maximum atomic E-state index is 12.8. The molecular weight excluding hydrogens is 246 g/mol. The van der Waals surface area contributed by atoms with E-state index in [1.165, 1.54) is 12.1 Å². The van der Waals surface area contributed by atoms with Crippen molar-refractivity contribution in [3.8, 4) is 0 Å². The molecule has 0 saturated heterocycles. The monoisotopic (exact) mass is 252 g/mol. The van der Waals surface area contributed by atoms with E-state index in [1.807, 2.05) is 0 Å². The number of rotatable bonds is 2. The standard InChI is InChI=1S/C8H7BrClFO/c9-6(4-12)5-1-2-7(10)8(11)3-5/h1-3,6,12H,4H2. The number of alkyl halides is 1. The van der Waals surface area contributed by atoms with Gasteiger partial charge in [-0.25, -0.2) is 4.39 Å². The molecule has 1 aromatic rings. The van der Waals surface area contributed by atoms with Crippen LogP contribution in [0.3, 0.4) is 0 Å². The number of aliphatic hydroxyl groups excluding tert-OH is 1. The average Bonchev–Trinajstić information content (AvgIpc) is 2.08. The number of benzene rings is 1. The van der Waals surface area contributed by atoms with E-state index in [2.05, 4.69) is 15.9 Å². The van der Waals surface area contributed by atoms with E-state index < -0.39 is 5.82 Å². The molecule has 0 aliphatic carbocycles. The van der Waals surface area contributed by atoms with Crippen molar-refractivity contribution in [1.82, 2.24) is 0 Å². The van der Waals surface area contributed by atoms with Gasteiger partial charge in [0.25, 0.3) is 0 Å². The van der Waals surface area contributed by atoms with Gasteiger partial charge in [0, 0.05) is 0 Å². The fourth-order valence-corrected chi connectivity index (χ4v) is 1.21. The normalized spacial score (nSPS) is 13.0. The summed E-state index contributed by atoms with van der Waals surface area (Å²) in [6.45, 7) is -0.0684. The van der Waals surface area contributed by atoms with Gasteiger partial charge in [-0.2, -0.15) is 0 Å². The van der Waals surface area contributed by atoms with Crippen LogP contribution in [-0.2, 0) is 0 Å². The Balaban J connectivity index is 2.96. The Bertz CT molecular complexity index is 280. The second-order valence-corrected chi connectivity index (χ2v) is 3.84. The number of aliphatic hydroxyl groups is 1. The quantitative estimate of drug-likeness (QED) is 0.804. The molecule has 0 aromatic heterocycles. The Morgan fingerprint density at radius 2 is 2.25 bits per heavy atom. The van der Waals surface area contributed by atoms with E-state index in [9.17, 15) is 4.39 Å². The van der Waals surface area contributed by atoms with Crippen LogP contribution in [0, 0.1) is 5.82 Å². The highest BCUT2D eigenvalue weighted by molar-refractivity contribution is 9.09. The van der Waals surface area contributed by atoms with Crippen molar-refractivity contribution in [2.45, 2.75) is 4.83 Å². The molecule has 4 heteroatoms. The van der Waals surface area contributed by atoms with Crippen molar-refractivity contribution in [2.24, 2.45) is 0 Å². The smallest absolute Gasteiger partial charge is 0.142 e. The van der Waals surface area contributed by atoms with Crippen LogP contribution in [0.15, 0.2) is 18.2 Å². The highest BCUT2D eigenvalue weighted by Gasteiger charge is 2.07. The van der Waals surface area contributed by atoms with Gasteiger partial charge >= 0.3 is 0 Å². The maximum Gasteiger partial charge on any atom is 0.142 e. The van der Waals surface area contributed by atoms with E-state index >= 15 is 0 Å². The first-order valence-electron chi connectivity index (χ1n) is 3.35. The molecule has 0 bridgehead atoms. The van der Waals surface area contributed by atoms with Gasteiger partial charge in [-0.15, -0.1) is 0 Å². The third-order valence-corrected chi connectivity index (χ3v) is 2.59. The van der Waals surface area contributed by atoms with E-state index in [0.717, 1.165) is 0 Å². The van der Waals surface area contributed by atoms with Crippen LogP contribution in [0.1, 0.15) is 10.4 Å². The van der Waals surface area contributed by atoms with Crippen LogP contribution in [-0.4, -0.2) is 11.7 Å². The van der Waals surface area contributed by atoms with Gasteiger partial charge in [0.15, 0.2) is 0 Å². The zero-order chi connectivity index (χ0) is 9.14. The molecule has 0 aliphatic heterocycles. The zero-order valence-corrected chi connectivity index (χ0v) is 8.44. The molecule has 1 aromatic carbocycles. The van der Waals surface area contributed by atoms with Crippen molar-refractivity contribution in [2.75, 3.05) is 6.61 Å². The summed E-state index contributed by atoms with van der Waals surface area (Å²) >= 11 is 8.66. The predicted molar refractivity (Wildman–Crippen MR) is 50.2 cm³/mol. The summed E-state index contributed by atoms with van der Waals surface area (Å²) in [4.78, 5) is -0.232. The largest absolute Gasteiger partial charge is 0.395 e. The van der Waals surface area contributed by atoms with Crippen molar-refractivity contribution in [3.05, 3.63) is 34.6 Å². The maximum absolute atomic E-state index is 12.8. The minimum atomic E-state index is -0.466. The summed E-state index contributed by atoms with van der Waals surface area (Å²) in [5, 5.41) is 8.84. The van der Waals surface area contributed by atoms with E-state index in [1.54, 1.807) is 6.07 Å². The lowest BCUT2D eigenvalue weighted by Gasteiger charge is -2.06. The number of hydrogen-bond acceptors (Lipinski definition) is 1. The van der Waals surface area contributed by atoms with Gasteiger partial charge in [0.1, 0.15) is 5.82 Å². The summed E-state index contributed by atoms with van der Waals surface area (Å²) < 4.78 is 12.8. The van der Waals surface area contributed by atoms with Gasteiger partial charge < -0.3 is 5.11 Å². The minimum Gasteiger partial charge on any atom is -0.395 e. The Kier molecular flexibility index (Phi) is 3.50. The number of halogens is 3. The second-order valence-electron chi connectivity index (χ2n) is 2.32. The summed E-state index contributed by atoms with van der Waals surface area (Å²) in [6, 6.07) is 4.44. The van der Waals surface area contributed by atoms with Crippen LogP contribution in [0.5, 0.6) is 0 Å². The van der Waals surface area contributed by atoms with Gasteiger partial charge in [-0.05, 0) is 17.7 Å². The molecule has 0 saturated carbocycles. The lowest BCUT2D eigenvalue weighted by Crippen LogP contribution is -1.95. The average molecular weight is 253 g/mol.